The predicted molar refractivity (Wildman–Crippen MR) is 127 cm³/mol. The van der Waals surface area contributed by atoms with E-state index in [9.17, 15) is 19.8 Å². The highest BCUT2D eigenvalue weighted by Crippen LogP contribution is 2.38. The predicted octanol–water partition coefficient (Wildman–Crippen LogP) is 5.28. The fraction of sp³-hybridized carbons (Fsp3) is 0.120. The van der Waals surface area contributed by atoms with Crippen molar-refractivity contribution in [2.24, 2.45) is 10.2 Å². The Hall–Kier alpha value is -4.66. The van der Waals surface area contributed by atoms with Gasteiger partial charge in [-0.1, -0.05) is 30.3 Å². The highest BCUT2D eigenvalue weighted by atomic mass is 16.5. The first-order valence-electron chi connectivity index (χ1n) is 10.3. The lowest BCUT2D eigenvalue weighted by Crippen LogP contribution is -2.14. The summed E-state index contributed by atoms with van der Waals surface area (Å²) >= 11 is 0. The normalized spacial score (nSPS) is 11.1. The lowest BCUT2D eigenvalue weighted by atomic mass is 10.0. The zero-order valence-electron chi connectivity index (χ0n) is 18.7. The number of aryl methyl sites for hydroxylation is 2. The van der Waals surface area contributed by atoms with Crippen molar-refractivity contribution in [3.63, 3.8) is 0 Å². The number of aromatic carboxylic acids is 1. The van der Waals surface area contributed by atoms with E-state index in [-0.39, 0.29) is 28.6 Å². The summed E-state index contributed by atoms with van der Waals surface area (Å²) in [5, 5.41) is 31.0. The molecule has 0 unspecified atom stereocenters. The average Bonchev–Trinajstić information content (AvgIpc) is 3.15. The van der Waals surface area contributed by atoms with Gasteiger partial charge in [0.2, 0.25) is 11.6 Å². The van der Waals surface area contributed by atoms with E-state index in [0.717, 1.165) is 11.1 Å². The Morgan fingerprint density at radius 3 is 2.47 bits per heavy atom. The number of aromatic amines is 1. The number of phenols is 1. The van der Waals surface area contributed by atoms with Crippen molar-refractivity contribution in [3.05, 3.63) is 87.7 Å². The molecule has 3 aromatic carbocycles. The summed E-state index contributed by atoms with van der Waals surface area (Å²) in [4.78, 5) is 24.3. The largest absolute Gasteiger partial charge is 0.505 e. The molecule has 0 fully saturated rings. The van der Waals surface area contributed by atoms with E-state index in [2.05, 4.69) is 15.3 Å². The summed E-state index contributed by atoms with van der Waals surface area (Å²) < 4.78 is 6.59. The number of azo groups is 1. The third kappa shape index (κ3) is 4.18. The number of carboxylic acids is 1. The first-order chi connectivity index (χ1) is 16.3. The molecule has 1 aromatic heterocycles. The van der Waals surface area contributed by atoms with Crippen molar-refractivity contribution >= 4 is 17.3 Å². The number of methoxy groups -OCH3 is 1. The number of H-pyrrole nitrogens is 1. The minimum Gasteiger partial charge on any atom is -0.505 e. The lowest BCUT2D eigenvalue weighted by molar-refractivity contribution is 0.0697. The van der Waals surface area contributed by atoms with Crippen LogP contribution >= 0.6 is 0 Å². The summed E-state index contributed by atoms with van der Waals surface area (Å²) in [6, 6.07) is 16.6. The molecule has 0 spiro atoms. The van der Waals surface area contributed by atoms with E-state index in [1.807, 2.05) is 26.0 Å². The number of carbonyl (C=O) groups is 1. The van der Waals surface area contributed by atoms with Gasteiger partial charge in [-0.3, -0.25) is 9.89 Å². The fourth-order valence-corrected chi connectivity index (χ4v) is 3.45. The zero-order chi connectivity index (χ0) is 24.4. The fourth-order valence-electron chi connectivity index (χ4n) is 3.45. The van der Waals surface area contributed by atoms with Crippen LogP contribution in [0.3, 0.4) is 0 Å². The van der Waals surface area contributed by atoms with E-state index in [1.54, 1.807) is 30.3 Å². The Morgan fingerprint density at radius 1 is 1.00 bits per heavy atom. The number of aromatic nitrogens is 2. The number of nitrogens with zero attached hydrogens (tertiary/aromatic N) is 3. The number of para-hydroxylation sites is 1. The topological polar surface area (TPSA) is 129 Å². The average molecular weight is 458 g/mol. The highest BCUT2D eigenvalue weighted by Gasteiger charge is 2.17. The van der Waals surface area contributed by atoms with Crippen LogP contribution in [0, 0.1) is 13.8 Å². The maximum absolute atomic E-state index is 13.0. The van der Waals surface area contributed by atoms with Crippen LogP contribution in [0.15, 0.2) is 75.7 Å². The van der Waals surface area contributed by atoms with Crippen molar-refractivity contribution in [2.45, 2.75) is 13.8 Å². The number of hydrogen-bond acceptors (Lipinski definition) is 6. The van der Waals surface area contributed by atoms with Gasteiger partial charge in [0.25, 0.3) is 0 Å². The molecular weight excluding hydrogens is 436 g/mol. The van der Waals surface area contributed by atoms with Crippen molar-refractivity contribution in [2.75, 3.05) is 7.11 Å². The summed E-state index contributed by atoms with van der Waals surface area (Å²) in [5.41, 5.74) is 3.31. The highest BCUT2D eigenvalue weighted by molar-refractivity contribution is 5.90. The second-order valence-corrected chi connectivity index (χ2v) is 7.66. The van der Waals surface area contributed by atoms with E-state index in [0.29, 0.717) is 16.8 Å². The number of aromatic hydroxyl groups is 1. The number of carboxylic acid groups (broad SMARTS) is 1. The lowest BCUT2D eigenvalue weighted by Gasteiger charge is -2.07. The number of nitrogens with one attached hydrogen (secondary N) is 1. The molecule has 1 heterocycles. The zero-order valence-corrected chi connectivity index (χ0v) is 18.7. The monoisotopic (exact) mass is 458 g/mol. The van der Waals surface area contributed by atoms with Gasteiger partial charge in [-0.25, -0.2) is 9.48 Å². The molecular formula is C25H22N4O5. The molecule has 0 atom stereocenters. The molecule has 0 aliphatic heterocycles. The molecule has 9 nitrogen and oxygen atoms in total. The second-order valence-electron chi connectivity index (χ2n) is 7.66. The number of benzene rings is 3. The van der Waals surface area contributed by atoms with Crippen molar-refractivity contribution < 1.29 is 19.7 Å². The van der Waals surface area contributed by atoms with Gasteiger partial charge in [-0.2, -0.15) is 0 Å². The Kier molecular flexibility index (Phi) is 6.01. The quantitative estimate of drug-likeness (QED) is 0.339. The van der Waals surface area contributed by atoms with Crippen LogP contribution in [0.25, 0.3) is 16.8 Å². The van der Waals surface area contributed by atoms with Crippen LogP contribution in [0.1, 0.15) is 21.5 Å². The van der Waals surface area contributed by atoms with Crippen LogP contribution in [-0.2, 0) is 0 Å². The van der Waals surface area contributed by atoms with Crippen molar-refractivity contribution in [3.8, 4) is 28.4 Å². The third-order valence-corrected chi connectivity index (χ3v) is 5.48. The van der Waals surface area contributed by atoms with E-state index < -0.39 is 11.5 Å². The van der Waals surface area contributed by atoms with Gasteiger partial charge >= 0.3 is 11.5 Å². The number of phenolic OH excluding ortho intramolecular Hbond substituents is 1. The van der Waals surface area contributed by atoms with Crippen LogP contribution in [0.2, 0.25) is 0 Å². The van der Waals surface area contributed by atoms with E-state index in [1.165, 1.54) is 30.0 Å². The van der Waals surface area contributed by atoms with E-state index >= 15 is 0 Å². The molecule has 3 N–H and O–H groups in total. The van der Waals surface area contributed by atoms with Gasteiger partial charge in [-0.15, -0.1) is 10.2 Å². The number of hydrogen-bond donors (Lipinski definition) is 3. The Balaban J connectivity index is 1.74. The molecule has 4 rings (SSSR count). The van der Waals surface area contributed by atoms with Crippen molar-refractivity contribution in [1.29, 1.82) is 0 Å². The van der Waals surface area contributed by atoms with Crippen LogP contribution in [0.4, 0.5) is 11.4 Å². The van der Waals surface area contributed by atoms with Gasteiger partial charge in [0.15, 0.2) is 5.75 Å². The minimum atomic E-state index is -1.07. The minimum absolute atomic E-state index is 0.0570. The molecule has 172 valence electrons. The first-order valence-corrected chi connectivity index (χ1v) is 10.3. The van der Waals surface area contributed by atoms with Crippen LogP contribution < -0.4 is 10.3 Å². The number of ether oxygens (including phenoxy) is 1. The second kappa shape index (κ2) is 9.07. The summed E-state index contributed by atoms with van der Waals surface area (Å²) in [7, 11) is 1.41. The molecule has 0 aliphatic carbocycles. The SMILES string of the molecule is COc1[nH]n(-c2ccc(C)c(C)c2)c(=O)c1N=Nc1cccc(-c2cccc(C(=O)O)c2)c1O. The maximum Gasteiger partial charge on any atom is 0.335 e. The molecule has 4 aromatic rings. The summed E-state index contributed by atoms with van der Waals surface area (Å²) in [6.07, 6.45) is 0. The van der Waals surface area contributed by atoms with Crippen molar-refractivity contribution in [1.82, 2.24) is 9.78 Å². The molecule has 0 radical (unpaired) electrons. The van der Waals surface area contributed by atoms with Gasteiger partial charge in [-0.05, 0) is 60.9 Å². The molecule has 0 amide bonds. The van der Waals surface area contributed by atoms with Gasteiger partial charge in [0.1, 0.15) is 5.69 Å². The van der Waals surface area contributed by atoms with Crippen LogP contribution in [-0.4, -0.2) is 33.1 Å². The smallest absolute Gasteiger partial charge is 0.335 e. The molecule has 0 saturated heterocycles. The third-order valence-electron chi connectivity index (χ3n) is 5.48. The van der Waals surface area contributed by atoms with E-state index in [4.69, 9.17) is 4.74 Å². The van der Waals surface area contributed by atoms with Gasteiger partial charge in [0.05, 0.1) is 18.4 Å². The Bertz CT molecular complexity index is 1480. The first kappa shape index (κ1) is 22.5. The maximum atomic E-state index is 13.0. The Labute approximate surface area is 194 Å². The van der Waals surface area contributed by atoms with Gasteiger partial charge in [0, 0.05) is 5.56 Å². The molecule has 0 bridgehead atoms. The standard InChI is InChI=1S/C25H22N4O5/c1-14-10-11-18(12-15(14)2)29-24(31)21(23(28-29)34-3)27-26-20-9-5-8-19(22(20)30)16-6-4-7-17(13-16)25(32)33/h4-13,28,30H,1-3H3,(H,32,33). The molecule has 0 aliphatic rings. The molecule has 34 heavy (non-hydrogen) atoms. The molecule has 0 saturated carbocycles. The number of rotatable bonds is 6. The van der Waals surface area contributed by atoms with Gasteiger partial charge < -0.3 is 14.9 Å². The molecule has 9 heteroatoms. The summed E-state index contributed by atoms with van der Waals surface area (Å²) in [6.45, 7) is 3.93. The Morgan fingerprint density at radius 2 is 1.76 bits per heavy atom. The summed E-state index contributed by atoms with van der Waals surface area (Å²) in [5.74, 6) is -1.15. The van der Waals surface area contributed by atoms with Crippen LogP contribution in [0.5, 0.6) is 11.6 Å².